The first kappa shape index (κ1) is 24.5. The zero-order valence-corrected chi connectivity index (χ0v) is 18.8. The molecule has 0 spiro atoms. The van der Waals surface area contributed by atoms with Crippen molar-refractivity contribution in [1.29, 1.82) is 0 Å². The number of nitrogens with zero attached hydrogens (tertiary/aromatic N) is 1. The highest BCUT2D eigenvalue weighted by Crippen LogP contribution is 2.31. The van der Waals surface area contributed by atoms with Crippen LogP contribution in [0.15, 0.2) is 82.2 Å². The number of hydrogen-bond donors (Lipinski definition) is 2. The summed E-state index contributed by atoms with van der Waals surface area (Å²) in [5.41, 5.74) is -0.493. The molecule has 10 heteroatoms. The van der Waals surface area contributed by atoms with Gasteiger partial charge in [0.05, 0.1) is 23.4 Å². The second kappa shape index (κ2) is 9.95. The average Bonchev–Trinajstić information content (AvgIpc) is 2.84. The first-order valence-corrected chi connectivity index (χ1v) is 10.7. The summed E-state index contributed by atoms with van der Waals surface area (Å²) in [4.78, 5) is 28.7. The molecule has 0 fully saturated rings. The van der Waals surface area contributed by atoms with E-state index in [-0.39, 0.29) is 22.4 Å². The number of para-hydroxylation sites is 1. The van der Waals surface area contributed by atoms with Crippen molar-refractivity contribution in [3.63, 3.8) is 0 Å². The smallest absolute Gasteiger partial charge is 0.416 e. The number of ether oxygens (including phenoxy) is 1. The molecule has 0 radical (unpaired) electrons. The summed E-state index contributed by atoms with van der Waals surface area (Å²) in [5, 5.41) is 12.1. The molecular formula is C26H19F3N2O5. The summed E-state index contributed by atoms with van der Waals surface area (Å²) in [5.74, 6) is -1.44. The van der Waals surface area contributed by atoms with Crippen molar-refractivity contribution in [2.24, 2.45) is 4.99 Å². The summed E-state index contributed by atoms with van der Waals surface area (Å²) in [6.45, 7) is 2.15. The molecule has 1 heterocycles. The topological polar surface area (TPSA) is 101 Å². The van der Waals surface area contributed by atoms with Crippen molar-refractivity contribution in [2.75, 3.05) is 11.9 Å². The van der Waals surface area contributed by atoms with Gasteiger partial charge in [0.2, 0.25) is 5.55 Å². The number of alkyl halides is 3. The molecule has 184 valence electrons. The number of carbonyl (C=O) groups excluding carboxylic acids is 1. The minimum atomic E-state index is -4.57. The Balaban J connectivity index is 1.83. The lowest BCUT2D eigenvalue weighted by Gasteiger charge is -2.11. The first-order valence-electron chi connectivity index (χ1n) is 10.7. The maximum absolute atomic E-state index is 13.2. The Morgan fingerprint density at radius 1 is 1.03 bits per heavy atom. The number of halogens is 3. The largest absolute Gasteiger partial charge is 0.490 e. The first-order chi connectivity index (χ1) is 17.2. The molecule has 1 aromatic heterocycles. The van der Waals surface area contributed by atoms with Gasteiger partial charge in [-0.15, -0.1) is 0 Å². The van der Waals surface area contributed by atoms with E-state index < -0.39 is 23.6 Å². The minimum Gasteiger partial charge on any atom is -0.490 e. The van der Waals surface area contributed by atoms with E-state index in [0.29, 0.717) is 29.0 Å². The van der Waals surface area contributed by atoms with Crippen molar-refractivity contribution in [3.05, 3.63) is 95.0 Å². The van der Waals surface area contributed by atoms with Gasteiger partial charge >= 0.3 is 12.1 Å². The Kier molecular flexibility index (Phi) is 6.77. The van der Waals surface area contributed by atoms with E-state index in [2.05, 4.69) is 10.3 Å². The van der Waals surface area contributed by atoms with Gasteiger partial charge in [-0.2, -0.15) is 13.2 Å². The summed E-state index contributed by atoms with van der Waals surface area (Å²) >= 11 is 0. The molecule has 0 saturated carbocycles. The SMILES string of the molecule is CCOc1cccc2cc(C(=O)Nc3cccc(C(F)(F)F)c3)c(=Nc3ccc(C(=O)O)cc3)oc12. The fraction of sp³-hybridized carbons (Fsp3) is 0.115. The summed E-state index contributed by atoms with van der Waals surface area (Å²) in [6, 6.07) is 16.4. The van der Waals surface area contributed by atoms with Gasteiger partial charge in [-0.25, -0.2) is 9.79 Å². The minimum absolute atomic E-state index is 0.0455. The van der Waals surface area contributed by atoms with Gasteiger partial charge in [0, 0.05) is 11.1 Å². The van der Waals surface area contributed by atoms with Crippen LogP contribution in [0, 0.1) is 0 Å². The predicted molar refractivity (Wildman–Crippen MR) is 125 cm³/mol. The Labute approximate surface area is 202 Å². The van der Waals surface area contributed by atoms with Crippen LogP contribution in [0.4, 0.5) is 24.5 Å². The lowest BCUT2D eigenvalue weighted by atomic mass is 10.1. The highest BCUT2D eigenvalue weighted by molar-refractivity contribution is 6.05. The quantitative estimate of drug-likeness (QED) is 0.339. The third kappa shape index (κ3) is 5.38. The van der Waals surface area contributed by atoms with E-state index in [0.717, 1.165) is 12.1 Å². The van der Waals surface area contributed by atoms with Gasteiger partial charge in [0.25, 0.3) is 5.91 Å². The van der Waals surface area contributed by atoms with E-state index in [9.17, 15) is 22.8 Å². The molecule has 2 N–H and O–H groups in total. The third-order valence-corrected chi connectivity index (χ3v) is 5.08. The van der Waals surface area contributed by atoms with Crippen molar-refractivity contribution < 1.29 is 37.0 Å². The molecule has 0 aliphatic heterocycles. The van der Waals surface area contributed by atoms with E-state index in [1.165, 1.54) is 42.5 Å². The van der Waals surface area contributed by atoms with Gasteiger partial charge in [-0.05, 0) is 61.5 Å². The molecule has 4 aromatic rings. The molecule has 0 saturated heterocycles. The van der Waals surface area contributed by atoms with Crippen molar-refractivity contribution in [2.45, 2.75) is 13.1 Å². The molecule has 7 nitrogen and oxygen atoms in total. The molecular weight excluding hydrogens is 477 g/mol. The van der Waals surface area contributed by atoms with Crippen LogP contribution in [-0.2, 0) is 6.18 Å². The summed E-state index contributed by atoms with van der Waals surface area (Å²) in [6.07, 6.45) is -4.57. The average molecular weight is 496 g/mol. The number of amides is 1. The van der Waals surface area contributed by atoms with E-state index in [1.807, 2.05) is 0 Å². The number of carbonyl (C=O) groups is 2. The highest BCUT2D eigenvalue weighted by atomic mass is 19.4. The molecule has 3 aromatic carbocycles. The molecule has 1 amide bonds. The highest BCUT2D eigenvalue weighted by Gasteiger charge is 2.30. The standard InChI is InChI=1S/C26H19F3N2O5/c1-2-35-21-8-3-5-16-13-20(23(32)30-19-7-4-6-17(14-19)26(27,28)29)24(36-22(16)21)31-18-11-9-15(10-12-18)25(33)34/h3-14H,2H2,1H3,(H,30,32)(H,33,34). The fourth-order valence-corrected chi connectivity index (χ4v) is 3.41. The summed E-state index contributed by atoms with van der Waals surface area (Å²) in [7, 11) is 0. The second-order valence-electron chi connectivity index (χ2n) is 7.57. The summed E-state index contributed by atoms with van der Waals surface area (Å²) < 4.78 is 50.8. The molecule has 36 heavy (non-hydrogen) atoms. The van der Waals surface area contributed by atoms with E-state index in [1.54, 1.807) is 25.1 Å². The number of aromatic carboxylic acids is 1. The second-order valence-corrected chi connectivity index (χ2v) is 7.57. The van der Waals surface area contributed by atoms with Crippen LogP contribution in [0.5, 0.6) is 5.75 Å². The van der Waals surface area contributed by atoms with Crippen molar-refractivity contribution >= 4 is 34.2 Å². The van der Waals surface area contributed by atoms with Crippen molar-refractivity contribution in [3.8, 4) is 5.75 Å². The number of carboxylic acid groups (broad SMARTS) is 1. The number of benzene rings is 3. The third-order valence-electron chi connectivity index (χ3n) is 5.08. The number of rotatable bonds is 6. The number of anilines is 1. The lowest BCUT2D eigenvalue weighted by molar-refractivity contribution is -0.137. The molecule has 0 atom stereocenters. The monoisotopic (exact) mass is 496 g/mol. The molecule has 0 aliphatic carbocycles. The molecule has 0 unspecified atom stereocenters. The van der Waals surface area contributed by atoms with E-state index >= 15 is 0 Å². The van der Waals surface area contributed by atoms with Gasteiger partial charge in [0.15, 0.2) is 11.3 Å². The van der Waals surface area contributed by atoms with E-state index in [4.69, 9.17) is 14.3 Å². The Morgan fingerprint density at radius 2 is 1.75 bits per heavy atom. The predicted octanol–water partition coefficient (Wildman–Crippen LogP) is 6.03. The van der Waals surface area contributed by atoms with Crippen LogP contribution in [0.3, 0.4) is 0 Å². The maximum Gasteiger partial charge on any atom is 0.416 e. The van der Waals surface area contributed by atoms with Gasteiger partial charge in [0.1, 0.15) is 5.56 Å². The van der Waals surface area contributed by atoms with Crippen LogP contribution < -0.4 is 15.6 Å². The number of fused-ring (bicyclic) bond motifs is 1. The van der Waals surface area contributed by atoms with Gasteiger partial charge < -0.3 is 19.6 Å². The Bertz CT molecular complexity index is 1510. The van der Waals surface area contributed by atoms with Crippen molar-refractivity contribution in [1.82, 2.24) is 0 Å². The lowest BCUT2D eigenvalue weighted by Crippen LogP contribution is -2.22. The van der Waals surface area contributed by atoms with Crippen LogP contribution >= 0.6 is 0 Å². The molecule has 4 rings (SSSR count). The number of nitrogens with one attached hydrogen (secondary N) is 1. The maximum atomic E-state index is 13.2. The Hall–Kier alpha value is -4.60. The van der Waals surface area contributed by atoms with Crippen LogP contribution in [0.25, 0.3) is 11.0 Å². The van der Waals surface area contributed by atoms with Gasteiger partial charge in [-0.1, -0.05) is 18.2 Å². The van der Waals surface area contributed by atoms with Crippen LogP contribution in [0.1, 0.15) is 33.2 Å². The fourth-order valence-electron chi connectivity index (χ4n) is 3.41. The van der Waals surface area contributed by atoms with Crippen LogP contribution in [-0.4, -0.2) is 23.6 Å². The normalized spacial score (nSPS) is 11.9. The molecule has 0 bridgehead atoms. The number of carboxylic acids is 1. The molecule has 0 aliphatic rings. The Morgan fingerprint density at radius 3 is 2.42 bits per heavy atom. The zero-order chi connectivity index (χ0) is 25.9. The number of hydrogen-bond acceptors (Lipinski definition) is 5. The van der Waals surface area contributed by atoms with Gasteiger partial charge in [-0.3, -0.25) is 4.79 Å². The van der Waals surface area contributed by atoms with Crippen LogP contribution in [0.2, 0.25) is 0 Å². The zero-order valence-electron chi connectivity index (χ0n) is 18.8.